The van der Waals surface area contributed by atoms with E-state index < -0.39 is 8.32 Å². The molecule has 0 aliphatic carbocycles. The standard InChI is InChI=1S/C33H55BrO7Si/c1-25(14-17-27(35-5)13-12-20-34)21-31(41-42(10,11)33(2,3)4)30(22-29(37-7)23-32(38-8)39-9)40-24-26-15-18-28(36-6)19-16-26/h12,14-21,27,29-32H,13,22-24H2,1-11H3/b17-14+,20-12+,25-21+/t27-,29-,30-,31-/m1/s1. The summed E-state index contributed by atoms with van der Waals surface area (Å²) in [6.45, 7) is 13.8. The van der Waals surface area contributed by atoms with Gasteiger partial charge in [-0.3, -0.25) is 0 Å². The minimum absolute atomic E-state index is 0.0182. The molecule has 0 aliphatic rings. The van der Waals surface area contributed by atoms with Crippen LogP contribution in [0.5, 0.6) is 5.75 Å². The Morgan fingerprint density at radius 3 is 2.07 bits per heavy atom. The van der Waals surface area contributed by atoms with Crippen LogP contribution in [-0.2, 0) is 34.7 Å². The molecule has 0 spiro atoms. The Morgan fingerprint density at radius 2 is 1.57 bits per heavy atom. The third-order valence-corrected chi connectivity index (χ3v) is 12.6. The molecule has 1 aromatic carbocycles. The van der Waals surface area contributed by atoms with Crippen molar-refractivity contribution in [1.82, 2.24) is 0 Å². The van der Waals surface area contributed by atoms with Gasteiger partial charge in [-0.1, -0.05) is 78.7 Å². The largest absolute Gasteiger partial charge is 0.497 e. The van der Waals surface area contributed by atoms with E-state index in [0.717, 1.165) is 23.3 Å². The molecule has 0 aromatic heterocycles. The van der Waals surface area contributed by atoms with Crippen LogP contribution < -0.4 is 4.74 Å². The summed E-state index contributed by atoms with van der Waals surface area (Å²) < 4.78 is 41.6. The molecule has 0 radical (unpaired) electrons. The predicted octanol–water partition coefficient (Wildman–Crippen LogP) is 8.20. The van der Waals surface area contributed by atoms with Crippen molar-refractivity contribution in [2.24, 2.45) is 0 Å². The third-order valence-electron chi connectivity index (χ3n) is 7.80. The molecule has 0 saturated carbocycles. The van der Waals surface area contributed by atoms with Crippen molar-refractivity contribution in [2.45, 2.75) is 102 Å². The van der Waals surface area contributed by atoms with Crippen LogP contribution in [0.25, 0.3) is 0 Å². The minimum atomic E-state index is -2.19. The Bertz CT molecular complexity index is 952. The molecule has 0 bridgehead atoms. The fourth-order valence-electron chi connectivity index (χ4n) is 4.02. The van der Waals surface area contributed by atoms with Gasteiger partial charge in [0.1, 0.15) is 5.75 Å². The number of hydrogen-bond donors (Lipinski definition) is 0. The lowest BCUT2D eigenvalue weighted by Crippen LogP contribution is -2.48. The van der Waals surface area contributed by atoms with Gasteiger partial charge in [-0.15, -0.1) is 0 Å². The van der Waals surface area contributed by atoms with E-state index in [2.05, 4.69) is 74.9 Å². The highest BCUT2D eigenvalue weighted by Gasteiger charge is 2.41. The summed E-state index contributed by atoms with van der Waals surface area (Å²) in [6, 6.07) is 7.94. The van der Waals surface area contributed by atoms with Crippen molar-refractivity contribution in [2.75, 3.05) is 35.5 Å². The van der Waals surface area contributed by atoms with Gasteiger partial charge >= 0.3 is 0 Å². The quantitative estimate of drug-likeness (QED) is 0.0787. The SMILES string of the molecule is COc1ccc(CO[C@H](C[C@H](CC(OC)OC)OC)[C@@H](/C=C(C)/C=C/[C@@H](C/C=C/Br)OC)O[Si](C)(C)C(C)(C)C)cc1. The lowest BCUT2D eigenvalue weighted by Gasteiger charge is -2.41. The smallest absolute Gasteiger partial charge is 0.193 e. The van der Waals surface area contributed by atoms with Crippen LogP contribution in [0.3, 0.4) is 0 Å². The number of ether oxygens (including phenoxy) is 6. The Kier molecular flexibility index (Phi) is 18.3. The van der Waals surface area contributed by atoms with Crippen molar-refractivity contribution in [3.63, 3.8) is 0 Å². The highest BCUT2D eigenvalue weighted by atomic mass is 79.9. The van der Waals surface area contributed by atoms with E-state index in [4.69, 9.17) is 32.8 Å². The van der Waals surface area contributed by atoms with E-state index in [9.17, 15) is 0 Å². The number of halogens is 1. The molecule has 240 valence electrons. The molecule has 4 atom stereocenters. The highest BCUT2D eigenvalue weighted by molar-refractivity contribution is 9.11. The first-order chi connectivity index (χ1) is 19.8. The first-order valence-corrected chi connectivity index (χ1v) is 18.3. The highest BCUT2D eigenvalue weighted by Crippen LogP contribution is 2.38. The van der Waals surface area contributed by atoms with E-state index in [-0.39, 0.29) is 35.7 Å². The second kappa shape index (κ2) is 19.9. The van der Waals surface area contributed by atoms with Gasteiger partial charge in [0.2, 0.25) is 0 Å². The number of benzene rings is 1. The van der Waals surface area contributed by atoms with Crippen molar-refractivity contribution in [1.29, 1.82) is 0 Å². The van der Waals surface area contributed by atoms with Gasteiger partial charge in [0.25, 0.3) is 0 Å². The van der Waals surface area contributed by atoms with Crippen molar-refractivity contribution in [3.05, 3.63) is 64.7 Å². The van der Waals surface area contributed by atoms with Gasteiger partial charge in [0.15, 0.2) is 14.6 Å². The lowest BCUT2D eigenvalue weighted by atomic mass is 10.0. The number of hydrogen-bond acceptors (Lipinski definition) is 7. The van der Waals surface area contributed by atoms with Gasteiger partial charge in [0, 0.05) is 41.3 Å². The molecule has 42 heavy (non-hydrogen) atoms. The lowest BCUT2D eigenvalue weighted by molar-refractivity contribution is -0.134. The molecule has 1 rings (SSSR count). The maximum absolute atomic E-state index is 7.08. The molecule has 0 amide bonds. The Labute approximate surface area is 264 Å². The predicted molar refractivity (Wildman–Crippen MR) is 178 cm³/mol. The van der Waals surface area contributed by atoms with Crippen LogP contribution in [0.15, 0.2) is 59.1 Å². The molecule has 0 saturated heterocycles. The topological polar surface area (TPSA) is 64.6 Å². The molecule has 0 aliphatic heterocycles. The zero-order chi connectivity index (χ0) is 31.8. The first-order valence-electron chi connectivity index (χ1n) is 14.5. The number of allylic oxidation sites excluding steroid dienone is 2. The van der Waals surface area contributed by atoms with Crippen LogP contribution >= 0.6 is 15.9 Å². The van der Waals surface area contributed by atoms with Crippen molar-refractivity contribution in [3.8, 4) is 5.75 Å². The molecule has 7 nitrogen and oxygen atoms in total. The normalized spacial score (nSPS) is 16.4. The number of rotatable bonds is 20. The van der Waals surface area contributed by atoms with Crippen LogP contribution in [0.4, 0.5) is 0 Å². The summed E-state index contributed by atoms with van der Waals surface area (Å²) in [6.07, 6.45) is 9.15. The monoisotopic (exact) mass is 670 g/mol. The molecule has 0 unspecified atom stereocenters. The fourth-order valence-corrected chi connectivity index (χ4v) is 5.49. The number of methoxy groups -OCH3 is 5. The van der Waals surface area contributed by atoms with E-state index >= 15 is 0 Å². The average Bonchev–Trinajstić information content (AvgIpc) is 2.96. The summed E-state index contributed by atoms with van der Waals surface area (Å²) in [7, 11) is 6.20. The van der Waals surface area contributed by atoms with Crippen molar-refractivity contribution < 1.29 is 32.8 Å². The Morgan fingerprint density at radius 1 is 0.929 bits per heavy atom. The van der Waals surface area contributed by atoms with Gasteiger partial charge in [-0.25, -0.2) is 0 Å². The Balaban J connectivity index is 3.48. The molecule has 1 aromatic rings. The van der Waals surface area contributed by atoms with Crippen molar-refractivity contribution >= 4 is 24.2 Å². The third kappa shape index (κ3) is 14.0. The first kappa shape index (κ1) is 38.7. The second-order valence-corrected chi connectivity index (χ2v) is 17.2. The molecule has 0 heterocycles. The molecular weight excluding hydrogens is 616 g/mol. The zero-order valence-corrected chi connectivity index (χ0v) is 30.2. The second-order valence-electron chi connectivity index (χ2n) is 11.9. The Hall–Kier alpha value is -1.30. The van der Waals surface area contributed by atoms with Crippen LogP contribution in [-0.4, -0.2) is 74.6 Å². The molecular formula is C33H55BrO7Si. The average molecular weight is 672 g/mol. The zero-order valence-electron chi connectivity index (χ0n) is 27.6. The van der Waals surface area contributed by atoms with E-state index in [1.165, 1.54) is 0 Å². The van der Waals surface area contributed by atoms with Gasteiger partial charge in [-0.2, -0.15) is 0 Å². The summed E-state index contributed by atoms with van der Waals surface area (Å²) in [5, 5.41) is 0.0182. The summed E-state index contributed by atoms with van der Waals surface area (Å²) in [4.78, 5) is 1.85. The summed E-state index contributed by atoms with van der Waals surface area (Å²) in [5.41, 5.74) is 2.12. The van der Waals surface area contributed by atoms with E-state index in [0.29, 0.717) is 19.4 Å². The molecule has 0 N–H and O–H groups in total. The fraction of sp³-hybridized carbons (Fsp3) is 0.636. The maximum atomic E-state index is 7.08. The van der Waals surface area contributed by atoms with Crippen LogP contribution in [0, 0.1) is 0 Å². The maximum Gasteiger partial charge on any atom is 0.193 e. The van der Waals surface area contributed by atoms with Crippen LogP contribution in [0.2, 0.25) is 18.1 Å². The van der Waals surface area contributed by atoms with E-state index in [1.807, 2.05) is 35.3 Å². The van der Waals surface area contributed by atoms with Gasteiger partial charge in [0.05, 0.1) is 38.1 Å². The molecule has 9 heteroatoms. The molecule has 0 fully saturated rings. The minimum Gasteiger partial charge on any atom is -0.497 e. The van der Waals surface area contributed by atoms with Gasteiger partial charge < -0.3 is 32.8 Å². The van der Waals surface area contributed by atoms with E-state index in [1.54, 1.807) is 35.5 Å². The summed E-state index contributed by atoms with van der Waals surface area (Å²) >= 11 is 3.34. The summed E-state index contributed by atoms with van der Waals surface area (Å²) in [5.74, 6) is 0.811. The van der Waals surface area contributed by atoms with Gasteiger partial charge in [-0.05, 0) is 54.2 Å². The van der Waals surface area contributed by atoms with Crippen LogP contribution in [0.1, 0.15) is 52.5 Å².